The van der Waals surface area contributed by atoms with Gasteiger partial charge in [0.1, 0.15) is 13.2 Å². The lowest BCUT2D eigenvalue weighted by Crippen LogP contribution is -2.42. The van der Waals surface area contributed by atoms with E-state index in [4.69, 9.17) is 9.47 Å². The number of fused-ring (bicyclic) bond motifs is 3. The number of amides is 2. The van der Waals surface area contributed by atoms with Gasteiger partial charge >= 0.3 is 6.09 Å². The molecule has 1 aromatic carbocycles. The van der Waals surface area contributed by atoms with Crippen molar-refractivity contribution in [3.63, 3.8) is 0 Å². The SMILES string of the molecule is COCC(=O)N1CC[C@H]2COC(=O)N2c2ccccc2C1. The number of para-hydroxylation sites is 1. The van der Waals surface area contributed by atoms with Crippen LogP contribution in [0.5, 0.6) is 0 Å². The van der Waals surface area contributed by atoms with Crippen LogP contribution in [0.4, 0.5) is 10.5 Å². The molecule has 0 aromatic heterocycles. The summed E-state index contributed by atoms with van der Waals surface area (Å²) >= 11 is 0. The smallest absolute Gasteiger partial charge is 0.414 e. The van der Waals surface area contributed by atoms with Gasteiger partial charge in [0.05, 0.1) is 11.7 Å². The molecular formula is C15H18N2O4. The lowest BCUT2D eigenvalue weighted by molar-refractivity contribution is -0.135. The highest BCUT2D eigenvalue weighted by molar-refractivity contribution is 5.91. The van der Waals surface area contributed by atoms with Crippen molar-refractivity contribution in [1.29, 1.82) is 0 Å². The molecule has 2 amide bonds. The van der Waals surface area contributed by atoms with Crippen molar-refractivity contribution in [3.8, 4) is 0 Å². The standard InChI is InChI=1S/C15H18N2O4/c1-20-10-14(18)16-7-6-12-9-21-15(19)17(12)13-5-3-2-4-11(13)8-16/h2-5,12H,6-10H2,1H3/t12-/m0/s1. The number of hydrogen-bond acceptors (Lipinski definition) is 4. The summed E-state index contributed by atoms with van der Waals surface area (Å²) in [6.07, 6.45) is 0.402. The van der Waals surface area contributed by atoms with Crippen molar-refractivity contribution in [1.82, 2.24) is 4.90 Å². The summed E-state index contributed by atoms with van der Waals surface area (Å²) in [6, 6.07) is 7.63. The molecule has 0 N–H and O–H groups in total. The number of methoxy groups -OCH3 is 1. The van der Waals surface area contributed by atoms with Crippen LogP contribution in [0, 0.1) is 0 Å². The number of nitrogens with zero attached hydrogens (tertiary/aromatic N) is 2. The summed E-state index contributed by atoms with van der Waals surface area (Å²) in [5.41, 5.74) is 1.78. The fraction of sp³-hybridized carbons (Fsp3) is 0.467. The van der Waals surface area contributed by atoms with Crippen LogP contribution in [-0.2, 0) is 20.8 Å². The Morgan fingerprint density at radius 3 is 3.05 bits per heavy atom. The summed E-state index contributed by atoms with van der Waals surface area (Å²) in [4.78, 5) is 27.6. The molecule has 0 radical (unpaired) electrons. The van der Waals surface area contributed by atoms with Gasteiger partial charge in [0.2, 0.25) is 5.91 Å². The van der Waals surface area contributed by atoms with Gasteiger partial charge in [-0.15, -0.1) is 0 Å². The minimum Gasteiger partial charge on any atom is -0.447 e. The number of anilines is 1. The Bertz CT molecular complexity index is 560. The van der Waals surface area contributed by atoms with Gasteiger partial charge < -0.3 is 14.4 Å². The normalized spacial score (nSPS) is 21.2. The van der Waals surface area contributed by atoms with E-state index in [1.165, 1.54) is 7.11 Å². The van der Waals surface area contributed by atoms with E-state index < -0.39 is 0 Å². The van der Waals surface area contributed by atoms with Crippen LogP contribution in [0.25, 0.3) is 0 Å². The average molecular weight is 290 g/mol. The van der Waals surface area contributed by atoms with E-state index in [0.29, 0.717) is 26.1 Å². The molecule has 0 aliphatic carbocycles. The highest BCUT2D eigenvalue weighted by Gasteiger charge is 2.37. The second kappa shape index (κ2) is 5.73. The Labute approximate surface area is 123 Å². The summed E-state index contributed by atoms with van der Waals surface area (Å²) < 4.78 is 10.1. The van der Waals surface area contributed by atoms with E-state index >= 15 is 0 Å². The average Bonchev–Trinajstić information content (AvgIpc) is 2.82. The maximum atomic E-state index is 12.1. The Morgan fingerprint density at radius 2 is 2.24 bits per heavy atom. The summed E-state index contributed by atoms with van der Waals surface area (Å²) in [7, 11) is 1.51. The lowest BCUT2D eigenvalue weighted by atomic mass is 10.1. The van der Waals surface area contributed by atoms with E-state index in [0.717, 1.165) is 11.3 Å². The number of rotatable bonds is 2. The van der Waals surface area contributed by atoms with Crippen LogP contribution in [0.15, 0.2) is 24.3 Å². The molecule has 0 bridgehead atoms. The second-order valence-electron chi connectivity index (χ2n) is 5.27. The topological polar surface area (TPSA) is 59.1 Å². The highest BCUT2D eigenvalue weighted by atomic mass is 16.6. The van der Waals surface area contributed by atoms with Crippen LogP contribution in [0.2, 0.25) is 0 Å². The van der Waals surface area contributed by atoms with Gasteiger partial charge in [-0.25, -0.2) is 4.79 Å². The van der Waals surface area contributed by atoms with Gasteiger partial charge in [-0.1, -0.05) is 18.2 Å². The molecular weight excluding hydrogens is 272 g/mol. The number of benzene rings is 1. The number of ether oxygens (including phenoxy) is 2. The predicted octanol–water partition coefficient (Wildman–Crippen LogP) is 1.39. The molecule has 6 heteroatoms. The zero-order valence-corrected chi connectivity index (χ0v) is 11.9. The van der Waals surface area contributed by atoms with E-state index in [9.17, 15) is 9.59 Å². The van der Waals surface area contributed by atoms with E-state index in [1.54, 1.807) is 9.80 Å². The maximum Gasteiger partial charge on any atom is 0.414 e. The summed E-state index contributed by atoms with van der Waals surface area (Å²) in [6.45, 7) is 1.52. The first kappa shape index (κ1) is 13.9. The number of cyclic esters (lactones) is 1. The van der Waals surface area contributed by atoms with Gasteiger partial charge in [0.25, 0.3) is 0 Å². The molecule has 1 atom stereocenters. The summed E-state index contributed by atoms with van der Waals surface area (Å²) in [5.74, 6) is -0.0361. The molecule has 1 saturated heterocycles. The van der Waals surface area contributed by atoms with Gasteiger partial charge in [0, 0.05) is 20.2 Å². The zero-order valence-electron chi connectivity index (χ0n) is 11.9. The van der Waals surface area contributed by atoms with Crippen LogP contribution in [0.3, 0.4) is 0 Å². The van der Waals surface area contributed by atoms with Crippen molar-refractivity contribution in [3.05, 3.63) is 29.8 Å². The van der Waals surface area contributed by atoms with Gasteiger partial charge in [-0.2, -0.15) is 0 Å². The summed E-state index contributed by atoms with van der Waals surface area (Å²) in [5, 5.41) is 0. The van der Waals surface area contributed by atoms with E-state index in [2.05, 4.69) is 0 Å². The third-order valence-corrected chi connectivity index (χ3v) is 3.93. The Kier molecular flexibility index (Phi) is 3.79. The first-order chi connectivity index (χ1) is 10.2. The first-order valence-electron chi connectivity index (χ1n) is 7.01. The monoisotopic (exact) mass is 290 g/mol. The molecule has 21 heavy (non-hydrogen) atoms. The van der Waals surface area contributed by atoms with E-state index in [-0.39, 0.29) is 24.6 Å². The fourth-order valence-corrected chi connectivity index (χ4v) is 2.86. The Balaban J connectivity index is 1.94. The van der Waals surface area contributed by atoms with Crippen molar-refractivity contribution < 1.29 is 19.1 Å². The van der Waals surface area contributed by atoms with E-state index in [1.807, 2.05) is 24.3 Å². The molecule has 112 valence electrons. The highest BCUT2D eigenvalue weighted by Crippen LogP contribution is 2.31. The molecule has 0 saturated carbocycles. The molecule has 0 spiro atoms. The molecule has 1 aromatic rings. The molecule has 3 rings (SSSR count). The van der Waals surface area contributed by atoms with Crippen LogP contribution in [-0.4, -0.2) is 49.8 Å². The third kappa shape index (κ3) is 2.58. The molecule has 1 fully saturated rings. The van der Waals surface area contributed by atoms with Crippen LogP contribution >= 0.6 is 0 Å². The predicted molar refractivity (Wildman–Crippen MR) is 76.0 cm³/mol. The Hall–Kier alpha value is -2.08. The number of carbonyl (C=O) groups excluding carboxylic acids is 2. The second-order valence-corrected chi connectivity index (χ2v) is 5.27. The molecule has 2 heterocycles. The van der Waals surface area contributed by atoms with Crippen molar-refractivity contribution in [2.75, 3.05) is 31.8 Å². The van der Waals surface area contributed by atoms with Crippen molar-refractivity contribution in [2.24, 2.45) is 0 Å². The minimum atomic E-state index is -0.302. The molecule has 2 aliphatic rings. The fourth-order valence-electron chi connectivity index (χ4n) is 2.86. The van der Waals surface area contributed by atoms with Crippen LogP contribution in [0.1, 0.15) is 12.0 Å². The van der Waals surface area contributed by atoms with Gasteiger partial charge in [-0.3, -0.25) is 9.69 Å². The third-order valence-electron chi connectivity index (χ3n) is 3.93. The number of carbonyl (C=O) groups is 2. The lowest BCUT2D eigenvalue weighted by Gasteiger charge is -2.32. The van der Waals surface area contributed by atoms with Gasteiger partial charge in [0.15, 0.2) is 0 Å². The first-order valence-corrected chi connectivity index (χ1v) is 7.01. The molecule has 0 unspecified atom stereocenters. The van der Waals surface area contributed by atoms with Crippen molar-refractivity contribution >= 4 is 17.7 Å². The van der Waals surface area contributed by atoms with Crippen LogP contribution < -0.4 is 4.90 Å². The molecule has 2 aliphatic heterocycles. The maximum absolute atomic E-state index is 12.1. The molecule has 6 nitrogen and oxygen atoms in total. The Morgan fingerprint density at radius 1 is 1.43 bits per heavy atom. The minimum absolute atomic E-state index is 0.0169. The number of hydrogen-bond donors (Lipinski definition) is 0. The van der Waals surface area contributed by atoms with Crippen molar-refractivity contribution in [2.45, 2.75) is 19.0 Å². The zero-order chi connectivity index (χ0) is 14.8. The largest absolute Gasteiger partial charge is 0.447 e. The van der Waals surface area contributed by atoms with Gasteiger partial charge in [-0.05, 0) is 18.1 Å². The quantitative estimate of drug-likeness (QED) is 0.826.